The van der Waals surface area contributed by atoms with Crippen LogP contribution < -0.4 is 0 Å². The van der Waals surface area contributed by atoms with Gasteiger partial charge in [-0.15, -0.1) is 0 Å². The molecular weight excluding hydrogens is 340 g/mol. The number of hydrogen-bond donors (Lipinski definition) is 0. The van der Waals surface area contributed by atoms with Gasteiger partial charge < -0.3 is 9.80 Å². The Labute approximate surface area is 154 Å². The summed E-state index contributed by atoms with van der Waals surface area (Å²) in [5.74, 6) is 0.164. The number of aryl methyl sites for hydroxylation is 1. The molecule has 7 heteroatoms. The molecule has 0 unspecified atom stereocenters. The SMILES string of the molecule is CCCCN1C[C@]2(CCCN(C(=O)c3nn(C)cc3Cl)C2)CCC1=O. The van der Waals surface area contributed by atoms with Crippen LogP contribution >= 0.6 is 11.6 Å². The summed E-state index contributed by atoms with van der Waals surface area (Å²) >= 11 is 6.15. The van der Waals surface area contributed by atoms with Crippen LogP contribution in [0.15, 0.2) is 6.20 Å². The average molecular weight is 367 g/mol. The fraction of sp³-hybridized carbons (Fsp3) is 0.722. The van der Waals surface area contributed by atoms with E-state index in [4.69, 9.17) is 11.6 Å². The van der Waals surface area contributed by atoms with Gasteiger partial charge in [0, 0.05) is 51.3 Å². The van der Waals surface area contributed by atoms with Crippen molar-refractivity contribution in [2.24, 2.45) is 12.5 Å². The second-order valence-corrected chi connectivity index (χ2v) is 7.91. The highest BCUT2D eigenvalue weighted by Gasteiger charge is 2.43. The molecule has 25 heavy (non-hydrogen) atoms. The van der Waals surface area contributed by atoms with E-state index < -0.39 is 0 Å². The predicted molar refractivity (Wildman–Crippen MR) is 96.5 cm³/mol. The number of amides is 2. The molecule has 3 rings (SSSR count). The third-order valence-electron chi connectivity index (χ3n) is 5.47. The first kappa shape index (κ1) is 18.2. The molecule has 1 aromatic heterocycles. The standard InChI is InChI=1S/C18H27ClN4O2/c1-3-4-9-22-12-18(8-6-15(22)24)7-5-10-23(13-18)17(25)16-14(19)11-21(2)20-16/h11H,3-10,12-13H2,1-2H3/t18-/m0/s1. The number of likely N-dealkylation sites (tertiary alicyclic amines) is 2. The summed E-state index contributed by atoms with van der Waals surface area (Å²) in [7, 11) is 1.76. The molecule has 0 radical (unpaired) electrons. The zero-order valence-corrected chi connectivity index (χ0v) is 15.9. The van der Waals surface area contributed by atoms with Crippen LogP contribution in [0.4, 0.5) is 0 Å². The number of nitrogens with zero attached hydrogens (tertiary/aromatic N) is 4. The summed E-state index contributed by atoms with van der Waals surface area (Å²) in [5, 5.41) is 4.61. The minimum absolute atomic E-state index is 0.0246. The van der Waals surface area contributed by atoms with E-state index in [0.29, 0.717) is 23.7 Å². The number of carbonyl (C=O) groups is 2. The summed E-state index contributed by atoms with van der Waals surface area (Å²) in [6.07, 6.45) is 7.27. The maximum atomic E-state index is 12.9. The van der Waals surface area contributed by atoms with E-state index in [1.807, 2.05) is 9.80 Å². The van der Waals surface area contributed by atoms with Crippen molar-refractivity contribution in [3.8, 4) is 0 Å². The van der Waals surface area contributed by atoms with Crippen LogP contribution in [0.2, 0.25) is 5.02 Å². The molecule has 1 atom stereocenters. The molecule has 2 amide bonds. The Hall–Kier alpha value is -1.56. The number of piperidine rings is 2. The zero-order valence-electron chi connectivity index (χ0n) is 15.1. The van der Waals surface area contributed by atoms with E-state index in [9.17, 15) is 9.59 Å². The number of rotatable bonds is 4. The fourth-order valence-corrected chi connectivity index (χ4v) is 4.38. The summed E-state index contributed by atoms with van der Waals surface area (Å²) in [6, 6.07) is 0. The Kier molecular flexibility index (Phi) is 5.37. The van der Waals surface area contributed by atoms with E-state index in [1.165, 1.54) is 0 Å². The van der Waals surface area contributed by atoms with Gasteiger partial charge in [0.25, 0.3) is 5.91 Å². The third kappa shape index (κ3) is 3.84. The first-order valence-electron chi connectivity index (χ1n) is 9.20. The van der Waals surface area contributed by atoms with E-state index in [0.717, 1.165) is 51.7 Å². The Morgan fingerprint density at radius 3 is 2.84 bits per heavy atom. The van der Waals surface area contributed by atoms with E-state index in [2.05, 4.69) is 12.0 Å². The quantitative estimate of drug-likeness (QED) is 0.823. The molecule has 0 aliphatic carbocycles. The smallest absolute Gasteiger partial charge is 0.275 e. The first-order valence-corrected chi connectivity index (χ1v) is 9.58. The molecule has 0 N–H and O–H groups in total. The second kappa shape index (κ2) is 7.36. The monoisotopic (exact) mass is 366 g/mol. The van der Waals surface area contributed by atoms with E-state index in [1.54, 1.807) is 17.9 Å². The van der Waals surface area contributed by atoms with Crippen LogP contribution in [0.3, 0.4) is 0 Å². The lowest BCUT2D eigenvalue weighted by molar-refractivity contribution is -0.139. The molecule has 2 aliphatic heterocycles. The molecule has 138 valence electrons. The highest BCUT2D eigenvalue weighted by molar-refractivity contribution is 6.33. The molecule has 0 saturated carbocycles. The topological polar surface area (TPSA) is 58.4 Å². The third-order valence-corrected chi connectivity index (χ3v) is 5.74. The van der Waals surface area contributed by atoms with Crippen molar-refractivity contribution in [1.82, 2.24) is 19.6 Å². The van der Waals surface area contributed by atoms with Gasteiger partial charge in [-0.1, -0.05) is 24.9 Å². The average Bonchev–Trinajstić information content (AvgIpc) is 2.94. The number of carbonyl (C=O) groups excluding carboxylic acids is 2. The van der Waals surface area contributed by atoms with E-state index in [-0.39, 0.29) is 17.2 Å². The van der Waals surface area contributed by atoms with Crippen LogP contribution in [-0.4, -0.2) is 57.6 Å². The highest BCUT2D eigenvalue weighted by atomic mass is 35.5. The Balaban J connectivity index is 1.72. The van der Waals surface area contributed by atoms with Gasteiger partial charge in [0.1, 0.15) is 0 Å². The van der Waals surface area contributed by atoms with Crippen LogP contribution in [0.1, 0.15) is 55.9 Å². The maximum absolute atomic E-state index is 12.9. The van der Waals surface area contributed by atoms with Crippen LogP contribution in [0, 0.1) is 5.41 Å². The van der Waals surface area contributed by atoms with Gasteiger partial charge in [0.2, 0.25) is 5.91 Å². The lowest BCUT2D eigenvalue weighted by atomic mass is 9.73. The maximum Gasteiger partial charge on any atom is 0.275 e. The lowest BCUT2D eigenvalue weighted by Crippen LogP contribution is -2.55. The van der Waals surface area contributed by atoms with Crippen molar-refractivity contribution in [2.45, 2.75) is 45.4 Å². The predicted octanol–water partition coefficient (Wildman–Crippen LogP) is 2.72. The van der Waals surface area contributed by atoms with Gasteiger partial charge in [0.05, 0.1) is 5.02 Å². The van der Waals surface area contributed by atoms with Crippen molar-refractivity contribution in [3.05, 3.63) is 16.9 Å². The number of halogens is 1. The van der Waals surface area contributed by atoms with Gasteiger partial charge >= 0.3 is 0 Å². The van der Waals surface area contributed by atoms with Crippen LogP contribution in [-0.2, 0) is 11.8 Å². The molecule has 2 saturated heterocycles. The number of hydrogen-bond acceptors (Lipinski definition) is 3. The highest BCUT2D eigenvalue weighted by Crippen LogP contribution is 2.39. The summed E-state index contributed by atoms with van der Waals surface area (Å²) in [6.45, 7) is 5.16. The second-order valence-electron chi connectivity index (χ2n) is 7.50. The van der Waals surface area contributed by atoms with Crippen LogP contribution in [0.5, 0.6) is 0 Å². The van der Waals surface area contributed by atoms with Gasteiger partial charge in [0.15, 0.2) is 5.69 Å². The van der Waals surface area contributed by atoms with Gasteiger partial charge in [-0.25, -0.2) is 0 Å². The molecule has 1 aromatic rings. The van der Waals surface area contributed by atoms with Gasteiger partial charge in [-0.05, 0) is 25.7 Å². The molecule has 0 aromatic carbocycles. The molecule has 1 spiro atoms. The van der Waals surface area contributed by atoms with Crippen molar-refractivity contribution in [1.29, 1.82) is 0 Å². The van der Waals surface area contributed by atoms with E-state index >= 15 is 0 Å². The Morgan fingerprint density at radius 1 is 1.36 bits per heavy atom. The zero-order chi connectivity index (χ0) is 18.0. The molecule has 3 heterocycles. The van der Waals surface area contributed by atoms with Gasteiger partial charge in [-0.3, -0.25) is 14.3 Å². The molecule has 2 fully saturated rings. The normalized spacial score (nSPS) is 24.2. The van der Waals surface area contributed by atoms with Crippen molar-refractivity contribution >= 4 is 23.4 Å². The summed E-state index contributed by atoms with van der Waals surface area (Å²) < 4.78 is 1.57. The minimum Gasteiger partial charge on any atom is -0.342 e. The van der Waals surface area contributed by atoms with Gasteiger partial charge in [-0.2, -0.15) is 5.10 Å². The molecule has 6 nitrogen and oxygen atoms in total. The van der Waals surface area contributed by atoms with Crippen molar-refractivity contribution in [2.75, 3.05) is 26.2 Å². The Morgan fingerprint density at radius 2 is 2.16 bits per heavy atom. The first-order chi connectivity index (χ1) is 11.9. The summed E-state index contributed by atoms with van der Waals surface area (Å²) in [5.41, 5.74) is 0.354. The molecule has 2 aliphatic rings. The minimum atomic E-state index is -0.0957. The van der Waals surface area contributed by atoms with Crippen molar-refractivity contribution in [3.63, 3.8) is 0 Å². The summed E-state index contributed by atoms with van der Waals surface area (Å²) in [4.78, 5) is 29.0. The largest absolute Gasteiger partial charge is 0.342 e. The van der Waals surface area contributed by atoms with Crippen molar-refractivity contribution < 1.29 is 9.59 Å². The lowest BCUT2D eigenvalue weighted by Gasteiger charge is -2.48. The van der Waals surface area contributed by atoms with Crippen LogP contribution in [0.25, 0.3) is 0 Å². The number of unbranched alkanes of at least 4 members (excludes halogenated alkanes) is 1. The molecule has 0 bridgehead atoms. The Bertz CT molecular complexity index is 660. The molecular formula is C18H27ClN4O2. The fourth-order valence-electron chi connectivity index (χ4n) is 4.12. The number of aromatic nitrogens is 2.